The van der Waals surface area contributed by atoms with Gasteiger partial charge in [-0.3, -0.25) is 9.59 Å². The van der Waals surface area contributed by atoms with Crippen molar-refractivity contribution in [1.82, 2.24) is 19.8 Å². The Kier molecular flexibility index (Phi) is 6.44. The molecule has 2 aliphatic heterocycles. The van der Waals surface area contributed by atoms with E-state index in [1.165, 1.54) is 7.11 Å². The van der Waals surface area contributed by atoms with E-state index >= 15 is 0 Å². The number of fused-ring (bicyclic) bond motifs is 2. The molecule has 2 amide bonds. The lowest BCUT2D eigenvalue weighted by molar-refractivity contribution is -0.150. The molecule has 0 saturated carbocycles. The third kappa shape index (κ3) is 3.86. The van der Waals surface area contributed by atoms with Crippen LogP contribution in [-0.4, -0.2) is 88.2 Å². The van der Waals surface area contributed by atoms with Gasteiger partial charge in [-0.2, -0.15) is 11.8 Å². The lowest BCUT2D eigenvalue weighted by Crippen LogP contribution is -2.60. The highest BCUT2D eigenvalue weighted by Crippen LogP contribution is 2.42. The van der Waals surface area contributed by atoms with Crippen LogP contribution < -0.4 is 0 Å². The maximum absolute atomic E-state index is 12.7. The number of hydrogen-bond acceptors (Lipinski definition) is 6. The number of aromatic amines is 1. The summed E-state index contributed by atoms with van der Waals surface area (Å²) >= 11 is 1.61. The first-order chi connectivity index (χ1) is 13.0. The summed E-state index contributed by atoms with van der Waals surface area (Å²) in [6.07, 6.45) is 5.11. The van der Waals surface area contributed by atoms with Crippen LogP contribution in [0.25, 0.3) is 0 Å². The number of ether oxygens (including phenoxy) is 1. The summed E-state index contributed by atoms with van der Waals surface area (Å²) in [5, 5.41) is 10.1. The summed E-state index contributed by atoms with van der Waals surface area (Å²) in [7, 11) is 1.52. The van der Waals surface area contributed by atoms with Gasteiger partial charge in [-0.1, -0.05) is 0 Å². The lowest BCUT2D eigenvalue weighted by Gasteiger charge is -2.50. The summed E-state index contributed by atoms with van der Waals surface area (Å²) in [4.78, 5) is 36.5. The van der Waals surface area contributed by atoms with Crippen LogP contribution in [0.4, 0.5) is 0 Å². The molecule has 1 spiro atoms. The quantitative estimate of drug-likeness (QED) is 0.721. The van der Waals surface area contributed by atoms with Crippen molar-refractivity contribution in [3.05, 3.63) is 17.7 Å². The van der Waals surface area contributed by atoms with Crippen molar-refractivity contribution in [2.24, 2.45) is 0 Å². The predicted molar refractivity (Wildman–Crippen MR) is 102 cm³/mol. The van der Waals surface area contributed by atoms with E-state index in [0.717, 1.165) is 23.6 Å². The highest BCUT2D eigenvalue weighted by Gasteiger charge is 2.49. The van der Waals surface area contributed by atoms with Crippen LogP contribution in [0.15, 0.2) is 6.33 Å². The van der Waals surface area contributed by atoms with Crippen LogP contribution in [0, 0.1) is 0 Å². The van der Waals surface area contributed by atoms with Gasteiger partial charge in [0.25, 0.3) is 5.91 Å². The van der Waals surface area contributed by atoms with Gasteiger partial charge in [0.05, 0.1) is 17.6 Å². The summed E-state index contributed by atoms with van der Waals surface area (Å²) in [6.45, 7) is 1.65. The minimum atomic E-state index is -0.954. The molecule has 9 heteroatoms. The van der Waals surface area contributed by atoms with Crippen LogP contribution in [-0.2, 0) is 26.3 Å². The number of nitrogens with one attached hydrogen (secondary N) is 1. The first kappa shape index (κ1) is 20.2. The molecule has 2 aliphatic rings. The van der Waals surface area contributed by atoms with E-state index in [2.05, 4.69) is 9.97 Å². The molecule has 27 heavy (non-hydrogen) atoms. The lowest BCUT2D eigenvalue weighted by atomic mass is 9.78. The predicted octanol–water partition coefficient (Wildman–Crippen LogP) is 0.373. The monoisotopic (exact) mass is 396 g/mol. The number of aliphatic hydroxyl groups excluding tert-OH is 1. The second kappa shape index (κ2) is 8.62. The summed E-state index contributed by atoms with van der Waals surface area (Å²) in [5.41, 5.74) is 1.47. The molecule has 1 saturated heterocycles. The van der Waals surface area contributed by atoms with E-state index < -0.39 is 11.6 Å². The minimum Gasteiger partial charge on any atom is -0.383 e. The Hall–Kier alpha value is -1.58. The van der Waals surface area contributed by atoms with Crippen LogP contribution in [0.2, 0.25) is 0 Å². The van der Waals surface area contributed by atoms with Crippen molar-refractivity contribution < 1.29 is 19.4 Å². The molecule has 1 fully saturated rings. The Labute approximate surface area is 163 Å². The molecule has 150 valence electrons. The second-order valence-electron chi connectivity index (χ2n) is 7.11. The van der Waals surface area contributed by atoms with E-state index in [9.17, 15) is 14.7 Å². The maximum atomic E-state index is 12.7. The van der Waals surface area contributed by atoms with Crippen molar-refractivity contribution in [1.29, 1.82) is 0 Å². The molecule has 0 radical (unpaired) electrons. The fourth-order valence-corrected chi connectivity index (χ4v) is 4.67. The Balaban J connectivity index is 1.76. The Morgan fingerprint density at radius 3 is 2.81 bits per heavy atom. The van der Waals surface area contributed by atoms with Gasteiger partial charge in [0.2, 0.25) is 5.91 Å². The average molecular weight is 397 g/mol. The first-order valence-electron chi connectivity index (χ1n) is 9.31. The fourth-order valence-electron chi connectivity index (χ4n) is 4.21. The molecule has 3 heterocycles. The van der Waals surface area contributed by atoms with Crippen LogP contribution in [0.5, 0.6) is 0 Å². The number of carbonyl (C=O) groups excluding carboxylic acids is 2. The first-order valence-corrected chi connectivity index (χ1v) is 10.7. The largest absolute Gasteiger partial charge is 0.383 e. The van der Waals surface area contributed by atoms with Gasteiger partial charge >= 0.3 is 0 Å². The van der Waals surface area contributed by atoms with Crippen molar-refractivity contribution in [3.63, 3.8) is 0 Å². The second-order valence-corrected chi connectivity index (χ2v) is 8.10. The smallest absolute Gasteiger partial charge is 0.251 e. The minimum absolute atomic E-state index is 0.0392. The molecule has 0 bridgehead atoms. The molecule has 0 aliphatic carbocycles. The number of nitrogens with zero attached hydrogens (tertiary/aromatic N) is 3. The zero-order valence-corrected chi connectivity index (χ0v) is 16.8. The van der Waals surface area contributed by atoms with Crippen LogP contribution >= 0.6 is 11.8 Å². The van der Waals surface area contributed by atoms with Crippen LogP contribution in [0.1, 0.15) is 30.7 Å². The molecular weight excluding hydrogens is 368 g/mol. The number of piperidine rings is 1. The van der Waals surface area contributed by atoms with Crippen molar-refractivity contribution in [2.45, 2.75) is 37.3 Å². The zero-order valence-electron chi connectivity index (χ0n) is 15.9. The molecule has 8 nitrogen and oxygen atoms in total. The molecule has 1 aromatic rings. The van der Waals surface area contributed by atoms with Gasteiger partial charge in [-0.15, -0.1) is 0 Å². The molecule has 0 aromatic carbocycles. The third-order valence-corrected chi connectivity index (χ3v) is 6.26. The number of likely N-dealkylation sites (tertiary alicyclic amines) is 1. The number of aromatic nitrogens is 2. The Morgan fingerprint density at radius 1 is 1.41 bits per heavy atom. The van der Waals surface area contributed by atoms with Gasteiger partial charge in [0, 0.05) is 38.9 Å². The number of methoxy groups -OCH3 is 1. The van der Waals surface area contributed by atoms with Gasteiger partial charge in [0.1, 0.15) is 12.7 Å². The number of amides is 2. The van der Waals surface area contributed by atoms with Crippen molar-refractivity contribution in [3.8, 4) is 0 Å². The number of aliphatic hydroxyl groups is 1. The molecule has 1 aromatic heterocycles. The highest BCUT2D eigenvalue weighted by molar-refractivity contribution is 7.98. The molecular formula is C18H28N4O4S. The zero-order chi connectivity index (χ0) is 19.4. The van der Waals surface area contributed by atoms with Gasteiger partial charge in [-0.05, 0) is 31.3 Å². The Bertz CT molecular complexity index is 672. The van der Waals surface area contributed by atoms with Crippen LogP contribution in [0.3, 0.4) is 0 Å². The number of carbonyl (C=O) groups is 2. The number of imidazole rings is 1. The number of H-pyrrole nitrogens is 1. The SMILES string of the molecule is COCC(=O)N1CCc2[nH]cnc2C12CCN(C(=O)[C@@H](O)CCSC)CC2. The number of thioether (sulfide) groups is 1. The summed E-state index contributed by atoms with van der Waals surface area (Å²) in [6, 6.07) is 0. The van der Waals surface area contributed by atoms with Gasteiger partial charge in [-0.25, -0.2) is 4.98 Å². The standard InChI is InChI=1S/C18H28N4O4S/c1-26-11-15(24)22-7-3-13-16(20-12-19-13)18(22)5-8-21(9-6-18)17(25)14(23)4-10-27-2/h12,14,23H,3-11H2,1-2H3,(H,19,20)/t14-/m0/s1. The summed E-state index contributed by atoms with van der Waals surface area (Å²) in [5.74, 6) is 0.485. The maximum Gasteiger partial charge on any atom is 0.251 e. The van der Waals surface area contributed by atoms with Gasteiger partial charge in [0.15, 0.2) is 0 Å². The molecule has 1 atom stereocenters. The normalized spacial score (nSPS) is 19.8. The number of rotatable bonds is 6. The van der Waals surface area contributed by atoms with E-state index in [1.54, 1.807) is 23.0 Å². The third-order valence-electron chi connectivity index (χ3n) is 5.61. The highest BCUT2D eigenvalue weighted by atomic mass is 32.2. The van der Waals surface area contributed by atoms with Crippen molar-refractivity contribution >= 4 is 23.6 Å². The average Bonchev–Trinajstić information content (AvgIpc) is 3.16. The Morgan fingerprint density at radius 2 is 2.15 bits per heavy atom. The van der Waals surface area contributed by atoms with Gasteiger partial charge < -0.3 is 24.6 Å². The number of hydrogen-bond donors (Lipinski definition) is 2. The van der Waals surface area contributed by atoms with E-state index in [-0.39, 0.29) is 18.4 Å². The fraction of sp³-hybridized carbons (Fsp3) is 0.722. The van der Waals surface area contributed by atoms with E-state index in [4.69, 9.17) is 4.74 Å². The molecule has 2 N–H and O–H groups in total. The summed E-state index contributed by atoms with van der Waals surface area (Å²) < 4.78 is 5.07. The topological polar surface area (TPSA) is 98.8 Å². The molecule has 3 rings (SSSR count). The van der Waals surface area contributed by atoms with E-state index in [1.807, 2.05) is 11.2 Å². The molecule has 0 unspecified atom stereocenters. The van der Waals surface area contributed by atoms with E-state index in [0.29, 0.717) is 38.9 Å². The van der Waals surface area contributed by atoms with Crippen molar-refractivity contribution in [2.75, 3.05) is 45.4 Å².